The molecule has 0 aliphatic rings. The zero-order valence-corrected chi connectivity index (χ0v) is 11.2. The van der Waals surface area contributed by atoms with Crippen molar-refractivity contribution in [1.29, 1.82) is 0 Å². The minimum atomic E-state index is -1.83. The lowest BCUT2D eigenvalue weighted by molar-refractivity contribution is 0.156. The summed E-state index contributed by atoms with van der Waals surface area (Å²) in [5.41, 5.74) is 0. The molecule has 0 aliphatic heterocycles. The summed E-state index contributed by atoms with van der Waals surface area (Å²) in [6.45, 7) is 2.55. The van der Waals surface area contributed by atoms with Crippen molar-refractivity contribution in [1.82, 2.24) is 14.0 Å². The molecule has 0 N–H and O–H groups in total. The molecule has 5 nitrogen and oxygen atoms in total. The van der Waals surface area contributed by atoms with Gasteiger partial charge in [0.25, 0.3) is 0 Å². The molecule has 0 heterocycles. The summed E-state index contributed by atoms with van der Waals surface area (Å²) in [6.07, 6.45) is 0. The van der Waals surface area contributed by atoms with Crippen molar-refractivity contribution in [3.05, 3.63) is 0 Å². The summed E-state index contributed by atoms with van der Waals surface area (Å²) < 4.78 is 6.34. The molecule has 0 spiro atoms. The molecule has 0 saturated carbocycles. The average Bonchev–Trinajstić information content (AvgIpc) is 2.03. The molecule has 6 heteroatoms. The van der Waals surface area contributed by atoms with E-state index in [-0.39, 0.29) is 0 Å². The number of hydrogen-bond donors (Lipinski definition) is 0. The van der Waals surface area contributed by atoms with Gasteiger partial charge in [-0.25, -0.2) is 0 Å². The summed E-state index contributed by atoms with van der Waals surface area (Å²) >= 11 is 0. The van der Waals surface area contributed by atoms with Gasteiger partial charge in [0.05, 0.1) is 6.61 Å². The lowest BCUT2D eigenvalue weighted by Crippen LogP contribution is -2.30. The fourth-order valence-electron chi connectivity index (χ4n) is 1.43. The van der Waals surface area contributed by atoms with Crippen molar-refractivity contribution >= 4 is 7.51 Å². The first-order valence-corrected chi connectivity index (χ1v) is 6.26. The lowest BCUT2D eigenvalue weighted by atomic mass is 10.9. The Balaban J connectivity index is 5.16. The Morgan fingerprint density at radius 3 is 1.50 bits per heavy atom. The molecule has 86 valence electrons. The molecular weight excluding hydrogens is 199 g/mol. The van der Waals surface area contributed by atoms with Gasteiger partial charge in [-0.15, -0.1) is 4.91 Å². The van der Waals surface area contributed by atoms with Crippen LogP contribution < -0.4 is 0 Å². The van der Waals surface area contributed by atoms with Crippen molar-refractivity contribution in [3.8, 4) is 0 Å². The zero-order valence-electron chi connectivity index (χ0n) is 10.4. The second-order valence-corrected chi connectivity index (χ2v) is 7.21. The Bertz CT molecular complexity index is 187. The van der Waals surface area contributed by atoms with Crippen LogP contribution in [0, 0.1) is 0 Å². The first-order valence-electron chi connectivity index (χ1n) is 4.66. The van der Waals surface area contributed by atoms with E-state index in [0.717, 1.165) is 0 Å². The van der Waals surface area contributed by atoms with Gasteiger partial charge in [0, 0.05) is 0 Å². The first-order chi connectivity index (χ1) is 6.39. The first kappa shape index (κ1) is 14.1. The molecule has 0 unspecified atom stereocenters. The predicted molar refractivity (Wildman–Crippen MR) is 62.0 cm³/mol. The van der Waals surface area contributed by atoms with E-state index in [1.807, 2.05) is 49.2 Å². The molecular formula is C8H23N4OP. The van der Waals surface area contributed by atoms with E-state index in [4.69, 9.17) is 4.84 Å². The van der Waals surface area contributed by atoms with Gasteiger partial charge in [-0.2, -0.15) is 0 Å². The molecule has 0 saturated heterocycles. The Hall–Kier alpha value is 0.0700. The highest BCUT2D eigenvalue weighted by Crippen LogP contribution is 2.54. The van der Waals surface area contributed by atoms with Crippen LogP contribution in [-0.2, 0) is 4.84 Å². The maximum absolute atomic E-state index is 5.23. The molecule has 0 aromatic rings. The van der Waals surface area contributed by atoms with Crippen LogP contribution in [0.1, 0.15) is 6.92 Å². The highest BCUT2D eigenvalue weighted by Gasteiger charge is 2.28. The van der Waals surface area contributed by atoms with Gasteiger partial charge in [-0.1, -0.05) is 0 Å². The third-order valence-electron chi connectivity index (χ3n) is 1.91. The standard InChI is InChI=1S/C8H23N4OP/c1-8-13-9-14(10(2)3,11(4)5)12(6)7/h8H2,1-7H3. The monoisotopic (exact) mass is 222 g/mol. The van der Waals surface area contributed by atoms with Crippen LogP contribution in [-0.4, -0.2) is 62.9 Å². The molecule has 0 aliphatic carbocycles. The molecule has 0 bridgehead atoms. The summed E-state index contributed by atoms with van der Waals surface area (Å²) in [4.78, 5) is 9.59. The van der Waals surface area contributed by atoms with Crippen LogP contribution in [0.5, 0.6) is 0 Å². The van der Waals surface area contributed by atoms with E-state index in [2.05, 4.69) is 18.9 Å². The van der Waals surface area contributed by atoms with Crippen molar-refractivity contribution in [2.45, 2.75) is 6.92 Å². The Morgan fingerprint density at radius 1 is 0.929 bits per heavy atom. The van der Waals surface area contributed by atoms with Crippen molar-refractivity contribution in [2.24, 2.45) is 4.91 Å². The maximum atomic E-state index is 5.23. The minimum Gasteiger partial charge on any atom is -0.250 e. The molecule has 0 aromatic carbocycles. The Labute approximate surface area is 87.8 Å². The fraction of sp³-hybridized carbons (Fsp3) is 1.00. The van der Waals surface area contributed by atoms with E-state index in [1.165, 1.54) is 0 Å². The molecule has 0 aromatic heterocycles. The molecule has 0 atom stereocenters. The van der Waals surface area contributed by atoms with Crippen LogP contribution in [0.25, 0.3) is 0 Å². The SMILES string of the molecule is CCON=P(N(C)C)(N(C)C)N(C)C. The Morgan fingerprint density at radius 2 is 1.29 bits per heavy atom. The van der Waals surface area contributed by atoms with Crippen LogP contribution >= 0.6 is 7.51 Å². The van der Waals surface area contributed by atoms with E-state index in [1.54, 1.807) is 0 Å². The smallest absolute Gasteiger partial charge is 0.196 e. The lowest BCUT2D eigenvalue weighted by Gasteiger charge is -2.39. The largest absolute Gasteiger partial charge is 0.250 e. The number of hydrogen-bond acceptors (Lipinski definition) is 2. The minimum absolute atomic E-state index is 0.608. The third-order valence-corrected chi connectivity index (χ3v) is 5.46. The average molecular weight is 222 g/mol. The second-order valence-electron chi connectivity index (χ2n) is 3.58. The fourth-order valence-corrected chi connectivity index (χ4v) is 4.28. The third kappa shape index (κ3) is 2.78. The van der Waals surface area contributed by atoms with Crippen molar-refractivity contribution in [2.75, 3.05) is 48.9 Å². The van der Waals surface area contributed by atoms with Gasteiger partial charge < -0.3 is 0 Å². The highest BCUT2D eigenvalue weighted by atomic mass is 31.2. The van der Waals surface area contributed by atoms with Crippen LogP contribution in [0.3, 0.4) is 0 Å². The van der Waals surface area contributed by atoms with Gasteiger partial charge >= 0.3 is 0 Å². The van der Waals surface area contributed by atoms with E-state index < -0.39 is 7.51 Å². The van der Waals surface area contributed by atoms with Crippen LogP contribution in [0.2, 0.25) is 0 Å². The molecule has 0 fully saturated rings. The van der Waals surface area contributed by atoms with Crippen LogP contribution in [0.15, 0.2) is 4.91 Å². The van der Waals surface area contributed by atoms with Gasteiger partial charge in [0.1, 0.15) is 0 Å². The predicted octanol–water partition coefficient (Wildman–Crippen LogP) is 1.57. The van der Waals surface area contributed by atoms with Gasteiger partial charge in [-0.05, 0) is 49.2 Å². The van der Waals surface area contributed by atoms with Crippen LogP contribution in [0.4, 0.5) is 0 Å². The highest BCUT2D eigenvalue weighted by molar-refractivity contribution is 7.58. The summed E-state index contributed by atoms with van der Waals surface area (Å²) in [5.74, 6) is 0. The summed E-state index contributed by atoms with van der Waals surface area (Å²) in [7, 11) is 10.3. The normalized spacial score (nSPS) is 13.0. The van der Waals surface area contributed by atoms with Crippen molar-refractivity contribution in [3.63, 3.8) is 0 Å². The molecule has 14 heavy (non-hydrogen) atoms. The second kappa shape index (κ2) is 5.83. The van der Waals surface area contributed by atoms with E-state index >= 15 is 0 Å². The topological polar surface area (TPSA) is 31.3 Å². The van der Waals surface area contributed by atoms with Gasteiger partial charge in [-0.3, -0.25) is 18.8 Å². The molecule has 0 radical (unpaired) electrons. The summed E-state index contributed by atoms with van der Waals surface area (Å²) in [6, 6.07) is 0. The maximum Gasteiger partial charge on any atom is 0.196 e. The summed E-state index contributed by atoms with van der Waals surface area (Å²) in [5, 5.41) is 0. The number of rotatable bonds is 5. The van der Waals surface area contributed by atoms with Gasteiger partial charge in [0.2, 0.25) is 0 Å². The van der Waals surface area contributed by atoms with Crippen molar-refractivity contribution < 1.29 is 4.84 Å². The molecule has 0 amide bonds. The Kier molecular flexibility index (Phi) is 5.86. The van der Waals surface area contributed by atoms with E-state index in [9.17, 15) is 0 Å². The van der Waals surface area contributed by atoms with Gasteiger partial charge in [0.15, 0.2) is 7.51 Å². The molecule has 0 rings (SSSR count). The quantitative estimate of drug-likeness (QED) is 0.522. The zero-order chi connectivity index (χ0) is 11.4. The number of nitrogens with zero attached hydrogens (tertiary/aromatic N) is 4. The van der Waals surface area contributed by atoms with E-state index in [0.29, 0.717) is 6.61 Å².